The van der Waals surface area contributed by atoms with Crippen LogP contribution in [0, 0.1) is 0 Å². The lowest BCUT2D eigenvalue weighted by molar-refractivity contribution is 0.517. The van der Waals surface area contributed by atoms with Crippen molar-refractivity contribution in [1.29, 1.82) is 0 Å². The SMILES string of the molecule is CNC(C)C(N)CP=O. The van der Waals surface area contributed by atoms with Gasteiger partial charge in [0.1, 0.15) is 0 Å². The van der Waals surface area contributed by atoms with E-state index in [0.29, 0.717) is 6.16 Å². The number of nitrogens with two attached hydrogens (primary N) is 1. The Labute approximate surface area is 57.2 Å². The normalized spacial score (nSPS) is 17.7. The van der Waals surface area contributed by atoms with Crippen LogP contribution in [0.15, 0.2) is 0 Å². The maximum absolute atomic E-state index is 10.0. The van der Waals surface area contributed by atoms with E-state index in [4.69, 9.17) is 5.73 Å². The number of hydrogen-bond donors (Lipinski definition) is 2. The van der Waals surface area contributed by atoms with E-state index in [1.807, 2.05) is 14.0 Å². The Kier molecular flexibility index (Phi) is 4.87. The maximum Gasteiger partial charge on any atom is 0.156 e. The van der Waals surface area contributed by atoms with Crippen molar-refractivity contribution < 1.29 is 4.57 Å². The van der Waals surface area contributed by atoms with E-state index >= 15 is 0 Å². The fourth-order valence-corrected chi connectivity index (χ4v) is 0.947. The second kappa shape index (κ2) is 4.86. The third kappa shape index (κ3) is 3.57. The lowest BCUT2D eigenvalue weighted by Crippen LogP contribution is -2.42. The summed E-state index contributed by atoms with van der Waals surface area (Å²) >= 11 is 0. The molecule has 0 amide bonds. The van der Waals surface area contributed by atoms with E-state index in [9.17, 15) is 4.57 Å². The Morgan fingerprint density at radius 1 is 1.78 bits per heavy atom. The van der Waals surface area contributed by atoms with Crippen LogP contribution >= 0.6 is 8.46 Å². The van der Waals surface area contributed by atoms with Crippen molar-refractivity contribution in [1.82, 2.24) is 5.32 Å². The topological polar surface area (TPSA) is 55.1 Å². The van der Waals surface area contributed by atoms with E-state index in [2.05, 4.69) is 5.32 Å². The van der Waals surface area contributed by atoms with Crippen molar-refractivity contribution in [2.24, 2.45) is 5.73 Å². The molecule has 0 saturated heterocycles. The molecule has 0 heterocycles. The van der Waals surface area contributed by atoms with Crippen LogP contribution in [-0.2, 0) is 4.57 Å². The van der Waals surface area contributed by atoms with Crippen LogP contribution in [0.3, 0.4) is 0 Å². The van der Waals surface area contributed by atoms with Gasteiger partial charge in [0.05, 0.1) is 0 Å². The minimum atomic E-state index is -0.00540. The van der Waals surface area contributed by atoms with Crippen molar-refractivity contribution in [3.63, 3.8) is 0 Å². The standard InChI is InChI=1S/C5H13N2OP/c1-4(7-2)5(6)3-9-8/h4-5,7H,3,6H2,1-2H3. The largest absolute Gasteiger partial charge is 0.326 e. The molecule has 4 heteroatoms. The molecule has 0 aromatic heterocycles. The molecule has 0 radical (unpaired) electrons. The van der Waals surface area contributed by atoms with Gasteiger partial charge >= 0.3 is 0 Å². The minimum Gasteiger partial charge on any atom is -0.326 e. The number of nitrogens with one attached hydrogen (secondary N) is 1. The van der Waals surface area contributed by atoms with Gasteiger partial charge in [-0.05, 0) is 14.0 Å². The summed E-state index contributed by atoms with van der Waals surface area (Å²) in [5, 5.41) is 2.98. The van der Waals surface area contributed by atoms with Crippen LogP contribution < -0.4 is 11.1 Å². The van der Waals surface area contributed by atoms with E-state index in [0.717, 1.165) is 0 Å². The predicted molar refractivity (Wildman–Crippen MR) is 39.0 cm³/mol. The van der Waals surface area contributed by atoms with Crippen LogP contribution in [-0.4, -0.2) is 25.3 Å². The van der Waals surface area contributed by atoms with Gasteiger partial charge in [0.25, 0.3) is 0 Å². The van der Waals surface area contributed by atoms with Crippen molar-refractivity contribution >= 4 is 8.46 Å². The van der Waals surface area contributed by atoms with Crippen molar-refractivity contribution in [3.8, 4) is 0 Å². The monoisotopic (exact) mass is 148 g/mol. The van der Waals surface area contributed by atoms with Crippen LogP contribution in [0.2, 0.25) is 0 Å². The molecule has 3 nitrogen and oxygen atoms in total. The molecular formula is C5H13N2OP. The van der Waals surface area contributed by atoms with Gasteiger partial charge in [0.15, 0.2) is 8.46 Å². The number of likely N-dealkylation sites (N-methyl/N-ethyl adjacent to an activating group) is 1. The molecule has 0 aromatic carbocycles. The van der Waals surface area contributed by atoms with Gasteiger partial charge in [-0.3, -0.25) is 4.57 Å². The van der Waals surface area contributed by atoms with E-state index in [-0.39, 0.29) is 20.5 Å². The summed E-state index contributed by atoms with van der Waals surface area (Å²) in [6.07, 6.45) is 0.530. The zero-order valence-corrected chi connectivity index (χ0v) is 6.69. The maximum atomic E-state index is 10.0. The summed E-state index contributed by atoms with van der Waals surface area (Å²) in [5.74, 6) is 0. The summed E-state index contributed by atoms with van der Waals surface area (Å²) in [6, 6.07) is 0.237. The molecule has 0 aliphatic rings. The van der Waals surface area contributed by atoms with E-state index in [1.165, 1.54) is 0 Å². The van der Waals surface area contributed by atoms with Crippen molar-refractivity contribution in [2.75, 3.05) is 13.2 Å². The lowest BCUT2D eigenvalue weighted by Gasteiger charge is -2.15. The molecule has 0 aliphatic heterocycles. The van der Waals surface area contributed by atoms with Crippen LogP contribution in [0.1, 0.15) is 6.92 Å². The quantitative estimate of drug-likeness (QED) is 0.560. The average Bonchev–Trinajstić information content (AvgIpc) is 1.87. The molecule has 0 fully saturated rings. The molecule has 0 saturated carbocycles. The second-order valence-electron chi connectivity index (χ2n) is 2.05. The van der Waals surface area contributed by atoms with Gasteiger partial charge in [0.2, 0.25) is 0 Å². The highest BCUT2D eigenvalue weighted by Crippen LogP contribution is 1.97. The average molecular weight is 148 g/mol. The fourth-order valence-electron chi connectivity index (χ4n) is 0.458. The van der Waals surface area contributed by atoms with Gasteiger partial charge in [-0.2, -0.15) is 0 Å². The predicted octanol–water partition coefficient (Wildman–Crippen LogP) is 0.213. The summed E-state index contributed by atoms with van der Waals surface area (Å²) in [6.45, 7) is 1.97. The van der Waals surface area contributed by atoms with Gasteiger partial charge in [0, 0.05) is 18.2 Å². The van der Waals surface area contributed by atoms with Gasteiger partial charge in [-0.25, -0.2) is 0 Å². The smallest absolute Gasteiger partial charge is 0.156 e. The first-order chi connectivity index (χ1) is 4.22. The molecule has 0 aromatic rings. The molecule has 0 spiro atoms. The summed E-state index contributed by atoms with van der Waals surface area (Å²) in [5.41, 5.74) is 5.57. The fraction of sp³-hybridized carbons (Fsp3) is 1.00. The third-order valence-corrected chi connectivity index (χ3v) is 1.95. The zero-order chi connectivity index (χ0) is 7.28. The zero-order valence-electron chi connectivity index (χ0n) is 5.79. The Hall–Kier alpha value is 0.0200. The molecule has 9 heavy (non-hydrogen) atoms. The summed E-state index contributed by atoms with van der Waals surface area (Å²) in [7, 11) is 1.97. The first kappa shape index (κ1) is 9.02. The van der Waals surface area contributed by atoms with Gasteiger partial charge < -0.3 is 11.1 Å². The first-order valence-electron chi connectivity index (χ1n) is 2.94. The third-order valence-electron chi connectivity index (χ3n) is 1.38. The van der Waals surface area contributed by atoms with Gasteiger partial charge in [-0.1, -0.05) is 0 Å². The second-order valence-corrected chi connectivity index (χ2v) is 2.68. The molecule has 2 unspecified atom stereocenters. The Morgan fingerprint density at radius 2 is 2.33 bits per heavy atom. The lowest BCUT2D eigenvalue weighted by atomic mass is 10.2. The highest BCUT2D eigenvalue weighted by molar-refractivity contribution is 7.23. The summed E-state index contributed by atoms with van der Waals surface area (Å²) in [4.78, 5) is 0. The Balaban J connectivity index is 3.44. The molecule has 0 aliphatic carbocycles. The van der Waals surface area contributed by atoms with E-state index < -0.39 is 0 Å². The summed E-state index contributed by atoms with van der Waals surface area (Å²) < 4.78 is 10.0. The molecule has 0 rings (SSSR count). The highest BCUT2D eigenvalue weighted by Gasteiger charge is 2.08. The minimum absolute atomic E-state index is 0.00540. The molecule has 0 bridgehead atoms. The first-order valence-corrected chi connectivity index (χ1v) is 3.94. The Bertz CT molecular complexity index is 89.0. The van der Waals surface area contributed by atoms with Crippen molar-refractivity contribution in [3.05, 3.63) is 0 Å². The highest BCUT2D eigenvalue weighted by atomic mass is 31.1. The molecule has 2 atom stereocenters. The van der Waals surface area contributed by atoms with E-state index in [1.54, 1.807) is 0 Å². The Morgan fingerprint density at radius 3 is 2.67 bits per heavy atom. The number of hydrogen-bond acceptors (Lipinski definition) is 3. The molecule has 54 valence electrons. The van der Waals surface area contributed by atoms with Crippen molar-refractivity contribution in [2.45, 2.75) is 19.0 Å². The van der Waals surface area contributed by atoms with Crippen LogP contribution in [0.4, 0.5) is 0 Å². The molecular weight excluding hydrogens is 135 g/mol. The van der Waals surface area contributed by atoms with Crippen LogP contribution in [0.5, 0.6) is 0 Å². The van der Waals surface area contributed by atoms with Gasteiger partial charge in [-0.15, -0.1) is 0 Å². The molecule has 3 N–H and O–H groups in total. The number of rotatable bonds is 4. The van der Waals surface area contributed by atoms with Crippen LogP contribution in [0.25, 0.3) is 0 Å².